The molecule has 1 unspecified atom stereocenters. The highest BCUT2D eigenvalue weighted by atomic mass is 19.4. The van der Waals surface area contributed by atoms with E-state index in [2.05, 4.69) is 21.4 Å². The van der Waals surface area contributed by atoms with E-state index in [1.54, 1.807) is 6.07 Å². The summed E-state index contributed by atoms with van der Waals surface area (Å²) in [4.78, 5) is 8.17. The van der Waals surface area contributed by atoms with Crippen LogP contribution in [0.3, 0.4) is 0 Å². The Hall–Kier alpha value is -2.50. The number of nitrogens with one attached hydrogen (secondary N) is 1. The summed E-state index contributed by atoms with van der Waals surface area (Å²) in [7, 11) is 0. The summed E-state index contributed by atoms with van der Waals surface area (Å²) in [6.07, 6.45) is 5.64. The Morgan fingerprint density at radius 2 is 1.97 bits per heavy atom. The zero-order valence-corrected chi connectivity index (χ0v) is 17.9. The summed E-state index contributed by atoms with van der Waals surface area (Å²) in [5.41, 5.74) is -0.0988. The number of ether oxygens (including phenoxy) is 1. The molecule has 3 heterocycles. The number of pyridine rings is 2. The number of rotatable bonds is 6. The molecule has 1 saturated heterocycles. The van der Waals surface area contributed by atoms with Crippen LogP contribution in [0, 0.1) is 11.3 Å². The number of hydrogen-bond acceptors (Lipinski definition) is 5. The lowest BCUT2D eigenvalue weighted by molar-refractivity contribution is -0.141. The molecule has 170 valence electrons. The van der Waals surface area contributed by atoms with Crippen LogP contribution in [0.1, 0.15) is 67.5 Å². The zero-order valence-electron chi connectivity index (χ0n) is 17.9. The molecule has 1 aliphatic carbocycles. The van der Waals surface area contributed by atoms with E-state index in [4.69, 9.17) is 10.00 Å². The summed E-state index contributed by atoms with van der Waals surface area (Å²) in [6.45, 7) is 1.74. The average Bonchev–Trinajstić information content (AvgIpc) is 3.23. The van der Waals surface area contributed by atoms with Gasteiger partial charge in [-0.3, -0.25) is 9.97 Å². The first-order valence-electron chi connectivity index (χ1n) is 11.1. The van der Waals surface area contributed by atoms with Gasteiger partial charge in [0.1, 0.15) is 6.07 Å². The van der Waals surface area contributed by atoms with Gasteiger partial charge in [-0.1, -0.05) is 18.9 Å². The molecule has 1 spiro atoms. The molecule has 5 nitrogen and oxygen atoms in total. The first-order valence-corrected chi connectivity index (χ1v) is 11.1. The quantitative estimate of drug-likeness (QED) is 0.641. The molecule has 0 radical (unpaired) electrons. The summed E-state index contributed by atoms with van der Waals surface area (Å²) < 4.78 is 45.2. The van der Waals surface area contributed by atoms with Crippen molar-refractivity contribution in [2.24, 2.45) is 0 Å². The van der Waals surface area contributed by atoms with Gasteiger partial charge in [-0.15, -0.1) is 0 Å². The zero-order chi connectivity index (χ0) is 22.7. The molecule has 8 heteroatoms. The maximum Gasteiger partial charge on any atom is 0.434 e. The lowest BCUT2D eigenvalue weighted by atomic mass is 9.68. The predicted octanol–water partition coefficient (Wildman–Crippen LogP) is 4.91. The predicted molar refractivity (Wildman–Crippen MR) is 113 cm³/mol. The van der Waals surface area contributed by atoms with Crippen LogP contribution >= 0.6 is 0 Å². The molecule has 2 aromatic heterocycles. The van der Waals surface area contributed by atoms with Gasteiger partial charge in [0.2, 0.25) is 0 Å². The summed E-state index contributed by atoms with van der Waals surface area (Å²) in [5, 5.41) is 12.4. The number of hydrogen-bond donors (Lipinski definition) is 1. The summed E-state index contributed by atoms with van der Waals surface area (Å²) >= 11 is 0. The van der Waals surface area contributed by atoms with Gasteiger partial charge in [-0.25, -0.2) is 0 Å². The third-order valence-corrected chi connectivity index (χ3v) is 6.82. The summed E-state index contributed by atoms with van der Waals surface area (Å²) in [6, 6.07) is 8.90. The van der Waals surface area contributed by atoms with E-state index in [1.165, 1.54) is 25.1 Å². The molecule has 2 aliphatic rings. The smallest absolute Gasteiger partial charge is 0.375 e. The Bertz CT molecular complexity index is 967. The second-order valence-electron chi connectivity index (χ2n) is 8.94. The van der Waals surface area contributed by atoms with Crippen LogP contribution in [0.5, 0.6) is 0 Å². The van der Waals surface area contributed by atoms with E-state index in [0.29, 0.717) is 25.3 Å². The molecule has 4 rings (SSSR count). The molecule has 1 N–H and O–H groups in total. The van der Waals surface area contributed by atoms with Gasteiger partial charge in [0.05, 0.1) is 11.2 Å². The van der Waals surface area contributed by atoms with Crippen molar-refractivity contribution >= 4 is 0 Å². The van der Waals surface area contributed by atoms with Crippen LogP contribution in [-0.4, -0.2) is 28.7 Å². The highest BCUT2D eigenvalue weighted by Crippen LogP contribution is 2.49. The molecule has 0 bridgehead atoms. The van der Waals surface area contributed by atoms with Gasteiger partial charge in [-0.05, 0) is 62.4 Å². The largest absolute Gasteiger partial charge is 0.434 e. The van der Waals surface area contributed by atoms with E-state index in [1.807, 2.05) is 18.3 Å². The Labute approximate surface area is 186 Å². The minimum Gasteiger partial charge on any atom is -0.375 e. The fourth-order valence-electron chi connectivity index (χ4n) is 5.27. The SMILES string of the molecule is N#Cc1cc(CNCCC2(c3ccccn3)CCOC3(CCCC3)C2)cnc1C(F)(F)F. The first kappa shape index (κ1) is 22.7. The number of nitrogens with zero attached hydrogens (tertiary/aromatic N) is 3. The molecular formula is C24H27F3N4O. The van der Waals surface area contributed by atoms with E-state index >= 15 is 0 Å². The molecule has 1 atom stereocenters. The van der Waals surface area contributed by atoms with Gasteiger partial charge < -0.3 is 10.1 Å². The molecule has 1 aliphatic heterocycles. The average molecular weight is 445 g/mol. The van der Waals surface area contributed by atoms with Crippen LogP contribution in [0.2, 0.25) is 0 Å². The lowest BCUT2D eigenvalue weighted by Gasteiger charge is -2.46. The van der Waals surface area contributed by atoms with Crippen molar-refractivity contribution in [1.29, 1.82) is 5.26 Å². The highest BCUT2D eigenvalue weighted by Gasteiger charge is 2.48. The molecule has 2 fully saturated rings. The second kappa shape index (κ2) is 9.16. The molecule has 0 aromatic carbocycles. The maximum absolute atomic E-state index is 13.0. The minimum atomic E-state index is -4.63. The lowest BCUT2D eigenvalue weighted by Crippen LogP contribution is -2.47. The standard InChI is InChI=1S/C24H27F3N4O/c25-24(26,27)21-19(14-28)13-18(16-31-21)15-29-11-8-22(20-5-1-4-10-30-20)9-12-32-23(17-22)6-2-3-7-23/h1,4-5,10,13,16,29H,2-3,6-9,11-12,15,17H2. The van der Waals surface area contributed by atoms with Gasteiger partial charge in [0, 0.05) is 36.7 Å². The van der Waals surface area contributed by atoms with Crippen molar-refractivity contribution in [3.05, 3.63) is 59.2 Å². The van der Waals surface area contributed by atoms with Crippen molar-refractivity contribution < 1.29 is 17.9 Å². The van der Waals surface area contributed by atoms with Crippen molar-refractivity contribution in [3.63, 3.8) is 0 Å². The third-order valence-electron chi connectivity index (χ3n) is 6.82. The number of alkyl halides is 3. The van der Waals surface area contributed by atoms with E-state index in [-0.39, 0.29) is 11.0 Å². The number of aromatic nitrogens is 2. The first-order chi connectivity index (χ1) is 15.4. The van der Waals surface area contributed by atoms with E-state index in [0.717, 1.165) is 37.8 Å². The minimum absolute atomic E-state index is 0.0607. The third kappa shape index (κ3) is 4.79. The normalized spacial score (nSPS) is 22.7. The van der Waals surface area contributed by atoms with E-state index in [9.17, 15) is 13.2 Å². The van der Waals surface area contributed by atoms with Gasteiger partial charge >= 0.3 is 6.18 Å². The van der Waals surface area contributed by atoms with Crippen molar-refractivity contribution in [3.8, 4) is 6.07 Å². The van der Waals surface area contributed by atoms with Crippen LogP contribution in [0.4, 0.5) is 13.2 Å². The molecule has 1 saturated carbocycles. The van der Waals surface area contributed by atoms with Crippen LogP contribution < -0.4 is 5.32 Å². The Morgan fingerprint density at radius 1 is 1.16 bits per heavy atom. The Balaban J connectivity index is 1.44. The van der Waals surface area contributed by atoms with Crippen LogP contribution in [0.15, 0.2) is 36.7 Å². The molecule has 32 heavy (non-hydrogen) atoms. The molecule has 0 amide bonds. The molecular weight excluding hydrogens is 417 g/mol. The molecule has 2 aromatic rings. The topological polar surface area (TPSA) is 70.8 Å². The van der Waals surface area contributed by atoms with Crippen LogP contribution in [0.25, 0.3) is 0 Å². The van der Waals surface area contributed by atoms with Crippen molar-refractivity contribution in [2.45, 2.75) is 68.7 Å². The van der Waals surface area contributed by atoms with Gasteiger partial charge in [0.15, 0.2) is 5.69 Å². The fraction of sp³-hybridized carbons (Fsp3) is 0.542. The highest BCUT2D eigenvalue weighted by molar-refractivity contribution is 5.37. The monoisotopic (exact) mass is 444 g/mol. The van der Waals surface area contributed by atoms with E-state index < -0.39 is 17.4 Å². The summed E-state index contributed by atoms with van der Waals surface area (Å²) in [5.74, 6) is 0. The van der Waals surface area contributed by atoms with Gasteiger partial charge in [0.25, 0.3) is 0 Å². The van der Waals surface area contributed by atoms with Crippen molar-refractivity contribution in [1.82, 2.24) is 15.3 Å². The number of halogens is 3. The second-order valence-corrected chi connectivity index (χ2v) is 8.94. The Kier molecular flexibility index (Phi) is 6.50. The number of nitriles is 1. The Morgan fingerprint density at radius 3 is 2.66 bits per heavy atom. The fourth-order valence-corrected chi connectivity index (χ4v) is 5.27. The van der Waals surface area contributed by atoms with Gasteiger partial charge in [-0.2, -0.15) is 18.4 Å². The maximum atomic E-state index is 13.0. The van der Waals surface area contributed by atoms with Crippen LogP contribution in [-0.2, 0) is 22.9 Å². The van der Waals surface area contributed by atoms with Crippen molar-refractivity contribution in [2.75, 3.05) is 13.2 Å².